The third-order valence-corrected chi connectivity index (χ3v) is 5.54. The fraction of sp³-hybridized carbons (Fsp3) is 0.533. The van der Waals surface area contributed by atoms with E-state index in [2.05, 4.69) is 15.9 Å². The minimum atomic E-state index is -3.44. The van der Waals surface area contributed by atoms with Crippen LogP contribution in [-0.2, 0) is 14.8 Å². The van der Waals surface area contributed by atoms with Crippen LogP contribution in [0.1, 0.15) is 25.8 Å². The van der Waals surface area contributed by atoms with Crippen LogP contribution in [0.2, 0.25) is 0 Å². The second-order valence-electron chi connectivity index (χ2n) is 5.08. The highest BCUT2D eigenvalue weighted by Gasteiger charge is 2.20. The smallest absolute Gasteiger partial charge is 0.232 e. The molecule has 0 N–H and O–H groups in total. The number of aryl methyl sites for hydroxylation is 1. The lowest BCUT2D eigenvalue weighted by Crippen LogP contribution is -2.36. The first-order valence-electron chi connectivity index (χ1n) is 7.22. The zero-order chi connectivity index (χ0) is 16.9. The van der Waals surface area contributed by atoms with E-state index in [0.717, 1.165) is 16.3 Å². The van der Waals surface area contributed by atoms with Crippen LogP contribution >= 0.6 is 15.9 Å². The monoisotopic (exact) mass is 390 g/mol. The Hall–Kier alpha value is -1.08. The van der Waals surface area contributed by atoms with Gasteiger partial charge in [0.25, 0.3) is 0 Å². The van der Waals surface area contributed by atoms with E-state index in [4.69, 9.17) is 0 Å². The van der Waals surface area contributed by atoms with Gasteiger partial charge in [0.1, 0.15) is 0 Å². The predicted molar refractivity (Wildman–Crippen MR) is 93.6 cm³/mol. The molecule has 0 heterocycles. The molecule has 0 saturated heterocycles. The second-order valence-corrected chi connectivity index (χ2v) is 7.85. The number of benzene rings is 1. The Labute approximate surface area is 141 Å². The van der Waals surface area contributed by atoms with Gasteiger partial charge in [-0.25, -0.2) is 8.42 Å². The summed E-state index contributed by atoms with van der Waals surface area (Å²) in [6.45, 7) is 7.15. The molecule has 0 radical (unpaired) electrons. The molecular weight excluding hydrogens is 368 g/mol. The summed E-state index contributed by atoms with van der Waals surface area (Å²) in [4.78, 5) is 13.8. The van der Waals surface area contributed by atoms with E-state index < -0.39 is 10.0 Å². The van der Waals surface area contributed by atoms with E-state index in [1.165, 1.54) is 4.31 Å². The van der Waals surface area contributed by atoms with Gasteiger partial charge in [-0.3, -0.25) is 9.10 Å². The average molecular weight is 391 g/mol. The predicted octanol–water partition coefficient (Wildman–Crippen LogP) is 2.78. The van der Waals surface area contributed by atoms with E-state index in [1.54, 1.807) is 17.0 Å². The summed E-state index contributed by atoms with van der Waals surface area (Å²) in [6.07, 6.45) is 1.32. The van der Waals surface area contributed by atoms with Gasteiger partial charge in [-0.2, -0.15) is 0 Å². The summed E-state index contributed by atoms with van der Waals surface area (Å²) >= 11 is 3.41. The number of carbonyl (C=O) groups excluding carboxylic acids is 1. The third-order valence-electron chi connectivity index (χ3n) is 3.49. The molecule has 0 unspecified atom stereocenters. The standard InChI is InChI=1S/C15H23BrN2O3S/c1-5-17(6-2)15(19)9-10-18(22(4,20)21)13-8-7-12(3)14(16)11-13/h7-8,11H,5-6,9-10H2,1-4H3. The van der Waals surface area contributed by atoms with Crippen molar-refractivity contribution in [3.8, 4) is 0 Å². The van der Waals surface area contributed by atoms with Crippen molar-refractivity contribution >= 4 is 37.5 Å². The molecule has 1 rings (SSSR count). The number of hydrogen-bond acceptors (Lipinski definition) is 3. The van der Waals surface area contributed by atoms with Crippen LogP contribution in [0, 0.1) is 6.92 Å². The van der Waals surface area contributed by atoms with Crippen LogP contribution in [0.25, 0.3) is 0 Å². The first-order valence-corrected chi connectivity index (χ1v) is 9.86. The lowest BCUT2D eigenvalue weighted by molar-refractivity contribution is -0.130. The molecule has 0 aliphatic rings. The van der Waals surface area contributed by atoms with Crippen LogP contribution < -0.4 is 4.31 Å². The van der Waals surface area contributed by atoms with E-state index in [-0.39, 0.29) is 18.9 Å². The van der Waals surface area contributed by atoms with Crippen molar-refractivity contribution in [2.24, 2.45) is 0 Å². The van der Waals surface area contributed by atoms with Crippen molar-refractivity contribution in [2.45, 2.75) is 27.2 Å². The van der Waals surface area contributed by atoms with Gasteiger partial charge in [-0.15, -0.1) is 0 Å². The molecule has 0 aromatic heterocycles. The molecule has 5 nitrogen and oxygen atoms in total. The van der Waals surface area contributed by atoms with E-state index in [1.807, 2.05) is 26.8 Å². The summed E-state index contributed by atoms with van der Waals surface area (Å²) in [6, 6.07) is 5.37. The Kier molecular flexibility index (Phi) is 6.87. The summed E-state index contributed by atoms with van der Waals surface area (Å²) in [5.74, 6) is -0.0372. The van der Waals surface area contributed by atoms with E-state index >= 15 is 0 Å². The third kappa shape index (κ3) is 4.98. The minimum absolute atomic E-state index is 0.0372. The van der Waals surface area contributed by atoms with Gasteiger partial charge in [-0.1, -0.05) is 22.0 Å². The Morgan fingerprint density at radius 1 is 1.23 bits per heavy atom. The zero-order valence-electron chi connectivity index (χ0n) is 13.5. The summed E-state index contributed by atoms with van der Waals surface area (Å²) in [5, 5.41) is 0. The molecule has 0 aliphatic heterocycles. The van der Waals surface area contributed by atoms with Crippen molar-refractivity contribution in [1.29, 1.82) is 0 Å². The van der Waals surface area contributed by atoms with Gasteiger partial charge in [0, 0.05) is 30.5 Å². The Morgan fingerprint density at radius 2 is 1.82 bits per heavy atom. The Morgan fingerprint density at radius 3 is 2.27 bits per heavy atom. The molecule has 22 heavy (non-hydrogen) atoms. The zero-order valence-corrected chi connectivity index (χ0v) is 15.9. The second kappa shape index (κ2) is 7.97. The summed E-state index contributed by atoms with van der Waals surface area (Å²) in [5.41, 5.74) is 1.59. The lowest BCUT2D eigenvalue weighted by atomic mass is 10.2. The van der Waals surface area contributed by atoms with Crippen molar-refractivity contribution in [3.63, 3.8) is 0 Å². The number of carbonyl (C=O) groups is 1. The molecular formula is C15H23BrN2O3S. The van der Waals surface area contributed by atoms with Crippen LogP contribution in [0.3, 0.4) is 0 Å². The van der Waals surface area contributed by atoms with Crippen LogP contribution in [0.5, 0.6) is 0 Å². The highest BCUT2D eigenvalue weighted by Crippen LogP contribution is 2.25. The largest absolute Gasteiger partial charge is 0.343 e. The molecule has 7 heteroatoms. The fourth-order valence-corrected chi connectivity index (χ4v) is 3.44. The molecule has 1 aromatic carbocycles. The molecule has 0 aliphatic carbocycles. The van der Waals surface area contributed by atoms with Crippen molar-refractivity contribution in [3.05, 3.63) is 28.2 Å². The number of nitrogens with zero attached hydrogens (tertiary/aromatic N) is 2. The van der Waals surface area contributed by atoms with Crippen LogP contribution in [0.15, 0.2) is 22.7 Å². The molecule has 1 aromatic rings. The molecule has 0 bridgehead atoms. The van der Waals surface area contributed by atoms with Gasteiger partial charge in [0.2, 0.25) is 15.9 Å². The first-order chi connectivity index (χ1) is 10.2. The fourth-order valence-electron chi connectivity index (χ4n) is 2.15. The Balaban J connectivity index is 2.96. The van der Waals surface area contributed by atoms with Gasteiger partial charge in [-0.05, 0) is 38.5 Å². The van der Waals surface area contributed by atoms with Crippen molar-refractivity contribution in [1.82, 2.24) is 4.90 Å². The van der Waals surface area contributed by atoms with Gasteiger partial charge in [0.05, 0.1) is 11.9 Å². The van der Waals surface area contributed by atoms with Gasteiger partial charge >= 0.3 is 0 Å². The molecule has 0 fully saturated rings. The summed E-state index contributed by atoms with van der Waals surface area (Å²) < 4.78 is 26.2. The maximum Gasteiger partial charge on any atom is 0.232 e. The van der Waals surface area contributed by atoms with Gasteiger partial charge < -0.3 is 4.90 Å². The van der Waals surface area contributed by atoms with Crippen LogP contribution in [0.4, 0.5) is 5.69 Å². The first kappa shape index (κ1) is 19.0. The number of amides is 1. The van der Waals surface area contributed by atoms with Crippen LogP contribution in [-0.4, -0.2) is 45.1 Å². The van der Waals surface area contributed by atoms with E-state index in [0.29, 0.717) is 18.8 Å². The average Bonchev–Trinajstić information content (AvgIpc) is 2.42. The van der Waals surface area contributed by atoms with Crippen molar-refractivity contribution < 1.29 is 13.2 Å². The number of sulfonamides is 1. The maximum absolute atomic E-state index is 12.1. The topological polar surface area (TPSA) is 57.7 Å². The number of halogens is 1. The molecule has 0 atom stereocenters. The van der Waals surface area contributed by atoms with Gasteiger partial charge in [0.15, 0.2) is 0 Å². The minimum Gasteiger partial charge on any atom is -0.343 e. The highest BCUT2D eigenvalue weighted by molar-refractivity contribution is 9.10. The molecule has 1 amide bonds. The normalized spacial score (nSPS) is 11.3. The quantitative estimate of drug-likeness (QED) is 0.718. The Bertz CT molecular complexity index is 628. The summed E-state index contributed by atoms with van der Waals surface area (Å²) in [7, 11) is -3.44. The SMILES string of the molecule is CCN(CC)C(=O)CCN(c1ccc(C)c(Br)c1)S(C)(=O)=O. The maximum atomic E-state index is 12.1. The molecule has 0 saturated carbocycles. The number of anilines is 1. The molecule has 0 spiro atoms. The molecule has 124 valence electrons. The van der Waals surface area contributed by atoms with E-state index in [9.17, 15) is 13.2 Å². The number of hydrogen-bond donors (Lipinski definition) is 0. The number of rotatable bonds is 7. The highest BCUT2D eigenvalue weighted by atomic mass is 79.9. The lowest BCUT2D eigenvalue weighted by Gasteiger charge is -2.25. The van der Waals surface area contributed by atoms with Crippen molar-refractivity contribution in [2.75, 3.05) is 30.2 Å².